The van der Waals surface area contributed by atoms with Gasteiger partial charge in [0.1, 0.15) is 0 Å². The number of nitrogens with one attached hydrogen (secondary N) is 1. The minimum absolute atomic E-state index is 0.117. The fourth-order valence-electron chi connectivity index (χ4n) is 3.24. The predicted octanol–water partition coefficient (Wildman–Crippen LogP) is 5.95. The Bertz CT molecular complexity index is 1150. The highest BCUT2D eigenvalue weighted by Crippen LogP contribution is 2.33. The molecule has 0 saturated heterocycles. The molecule has 30 heavy (non-hydrogen) atoms. The number of nitrogens with zero attached hydrogens (tertiary/aromatic N) is 2. The molecular formula is C25H23N3OS. The minimum Gasteiger partial charge on any atom is -0.321 e. The maximum atomic E-state index is 12.8. The number of carbonyl (C=O) groups is 1. The van der Waals surface area contributed by atoms with Gasteiger partial charge in [-0.2, -0.15) is 5.10 Å². The van der Waals surface area contributed by atoms with Crippen LogP contribution in [-0.4, -0.2) is 15.7 Å². The third kappa shape index (κ3) is 4.81. The quantitative estimate of drug-likeness (QED) is 0.425. The first-order chi connectivity index (χ1) is 14.6. The number of carbonyl (C=O) groups excluding carboxylic acids is 1. The summed E-state index contributed by atoms with van der Waals surface area (Å²) in [5.41, 5.74) is 4.69. The first kappa shape index (κ1) is 20.0. The van der Waals surface area contributed by atoms with Crippen LogP contribution in [0.3, 0.4) is 0 Å². The Morgan fingerprint density at radius 1 is 0.933 bits per heavy atom. The fraction of sp³-hybridized carbons (Fsp3) is 0.120. The van der Waals surface area contributed by atoms with Crippen molar-refractivity contribution < 1.29 is 4.79 Å². The van der Waals surface area contributed by atoms with E-state index >= 15 is 0 Å². The van der Waals surface area contributed by atoms with Crippen molar-refractivity contribution >= 4 is 23.4 Å². The molecule has 0 unspecified atom stereocenters. The molecule has 4 aromatic rings. The van der Waals surface area contributed by atoms with E-state index in [1.165, 1.54) is 0 Å². The number of aromatic nitrogens is 2. The number of hydrogen-bond acceptors (Lipinski definition) is 3. The third-order valence-corrected chi connectivity index (χ3v) is 5.84. The van der Waals surface area contributed by atoms with Crippen LogP contribution < -0.4 is 5.32 Å². The zero-order valence-electron chi connectivity index (χ0n) is 17.0. The Morgan fingerprint density at radius 2 is 1.63 bits per heavy atom. The van der Waals surface area contributed by atoms with Crippen LogP contribution in [0.5, 0.6) is 0 Å². The summed E-state index contributed by atoms with van der Waals surface area (Å²) in [5, 5.41) is 7.55. The molecule has 0 aliphatic heterocycles. The van der Waals surface area contributed by atoms with E-state index in [-0.39, 0.29) is 5.91 Å². The number of anilines is 1. The van der Waals surface area contributed by atoms with Crippen molar-refractivity contribution in [2.24, 2.45) is 0 Å². The molecule has 150 valence electrons. The maximum absolute atomic E-state index is 12.8. The van der Waals surface area contributed by atoms with Gasteiger partial charge in [-0.25, -0.2) is 0 Å². The van der Waals surface area contributed by atoms with Crippen LogP contribution in [0, 0.1) is 13.8 Å². The molecule has 1 aromatic heterocycles. The maximum Gasteiger partial charge on any atom is 0.255 e. The van der Waals surface area contributed by atoms with Gasteiger partial charge in [0.2, 0.25) is 0 Å². The van der Waals surface area contributed by atoms with Gasteiger partial charge in [-0.15, -0.1) is 0 Å². The van der Waals surface area contributed by atoms with Crippen molar-refractivity contribution in [2.75, 3.05) is 5.32 Å². The van der Waals surface area contributed by atoms with Crippen LogP contribution in [0.4, 0.5) is 5.69 Å². The SMILES string of the molecule is Cc1cc(C)n(Cc2ccc(C(=O)Nc3ccccc3Sc3ccccc3)cc2)n1. The molecule has 5 heteroatoms. The number of para-hydroxylation sites is 1. The summed E-state index contributed by atoms with van der Waals surface area (Å²) in [5.74, 6) is -0.117. The fourth-order valence-corrected chi connectivity index (χ4v) is 4.16. The van der Waals surface area contributed by atoms with Gasteiger partial charge in [0.25, 0.3) is 5.91 Å². The van der Waals surface area contributed by atoms with E-state index in [9.17, 15) is 4.79 Å². The molecule has 4 nitrogen and oxygen atoms in total. The van der Waals surface area contributed by atoms with Crippen LogP contribution in [0.2, 0.25) is 0 Å². The number of rotatable bonds is 6. The average molecular weight is 414 g/mol. The van der Waals surface area contributed by atoms with Crippen LogP contribution in [0.25, 0.3) is 0 Å². The lowest BCUT2D eigenvalue weighted by atomic mass is 10.1. The summed E-state index contributed by atoms with van der Waals surface area (Å²) in [6, 6.07) is 27.8. The predicted molar refractivity (Wildman–Crippen MR) is 122 cm³/mol. The largest absolute Gasteiger partial charge is 0.321 e. The standard InChI is InChI=1S/C25H23N3OS/c1-18-16-19(2)28(27-18)17-20-12-14-21(15-13-20)25(29)26-23-10-6-7-11-24(23)30-22-8-4-3-5-9-22/h3-16H,17H2,1-2H3,(H,26,29). The highest BCUT2D eigenvalue weighted by atomic mass is 32.2. The molecule has 0 aliphatic rings. The second-order valence-corrected chi connectivity index (χ2v) is 8.26. The van der Waals surface area contributed by atoms with Crippen molar-refractivity contribution in [3.05, 3.63) is 107 Å². The average Bonchev–Trinajstić information content (AvgIpc) is 3.07. The third-order valence-electron chi connectivity index (χ3n) is 4.76. The van der Waals surface area contributed by atoms with Crippen LogP contribution in [0.1, 0.15) is 27.3 Å². The lowest BCUT2D eigenvalue weighted by molar-refractivity contribution is 0.102. The van der Waals surface area contributed by atoms with E-state index in [0.717, 1.165) is 32.4 Å². The second kappa shape index (κ2) is 9.01. The first-order valence-corrected chi connectivity index (χ1v) is 10.6. The van der Waals surface area contributed by atoms with Crippen molar-refractivity contribution in [1.82, 2.24) is 9.78 Å². The summed E-state index contributed by atoms with van der Waals surface area (Å²) in [6.07, 6.45) is 0. The molecule has 0 atom stereocenters. The molecule has 0 fully saturated rings. The number of benzene rings is 3. The van der Waals surface area contributed by atoms with Gasteiger partial charge in [-0.05, 0) is 61.9 Å². The Labute approximate surface area is 181 Å². The topological polar surface area (TPSA) is 46.9 Å². The van der Waals surface area contributed by atoms with Crippen LogP contribution in [0.15, 0.2) is 94.7 Å². The van der Waals surface area contributed by atoms with Gasteiger partial charge >= 0.3 is 0 Å². The summed E-state index contributed by atoms with van der Waals surface area (Å²) in [6.45, 7) is 4.73. The molecule has 0 bridgehead atoms. The van der Waals surface area contributed by atoms with Crippen LogP contribution >= 0.6 is 11.8 Å². The summed E-state index contributed by atoms with van der Waals surface area (Å²) in [7, 11) is 0. The molecule has 1 N–H and O–H groups in total. The molecule has 0 saturated carbocycles. The smallest absolute Gasteiger partial charge is 0.255 e. The monoisotopic (exact) mass is 413 g/mol. The van der Waals surface area contributed by atoms with Gasteiger partial charge in [0, 0.05) is 21.0 Å². The second-order valence-electron chi connectivity index (χ2n) is 7.15. The highest BCUT2D eigenvalue weighted by molar-refractivity contribution is 7.99. The normalized spacial score (nSPS) is 10.7. The van der Waals surface area contributed by atoms with Gasteiger partial charge in [-0.3, -0.25) is 9.48 Å². The Morgan fingerprint density at radius 3 is 2.33 bits per heavy atom. The minimum atomic E-state index is -0.117. The zero-order chi connectivity index (χ0) is 20.9. The molecule has 0 aliphatic carbocycles. The van der Waals surface area contributed by atoms with E-state index in [2.05, 4.69) is 28.6 Å². The molecule has 0 radical (unpaired) electrons. The van der Waals surface area contributed by atoms with Crippen molar-refractivity contribution in [3.63, 3.8) is 0 Å². The summed E-state index contributed by atoms with van der Waals surface area (Å²) >= 11 is 1.63. The van der Waals surface area contributed by atoms with Crippen molar-refractivity contribution in [3.8, 4) is 0 Å². The molecular weight excluding hydrogens is 390 g/mol. The number of aryl methyl sites for hydroxylation is 2. The first-order valence-electron chi connectivity index (χ1n) is 9.82. The van der Waals surface area contributed by atoms with Crippen molar-refractivity contribution in [2.45, 2.75) is 30.2 Å². The molecule has 4 rings (SSSR count). The molecule has 1 heterocycles. The Kier molecular flexibility index (Phi) is 6.00. The van der Waals surface area contributed by atoms with E-state index in [0.29, 0.717) is 12.1 Å². The van der Waals surface area contributed by atoms with E-state index in [1.54, 1.807) is 11.8 Å². The van der Waals surface area contributed by atoms with Gasteiger partial charge in [-0.1, -0.05) is 54.2 Å². The molecule has 1 amide bonds. The Balaban J connectivity index is 1.46. The number of hydrogen-bond donors (Lipinski definition) is 1. The zero-order valence-corrected chi connectivity index (χ0v) is 17.8. The number of amides is 1. The molecule has 0 spiro atoms. The molecule has 3 aromatic carbocycles. The highest BCUT2D eigenvalue weighted by Gasteiger charge is 2.10. The van der Waals surface area contributed by atoms with E-state index in [4.69, 9.17) is 0 Å². The van der Waals surface area contributed by atoms with E-state index in [1.807, 2.05) is 85.3 Å². The lowest BCUT2D eigenvalue weighted by Crippen LogP contribution is -2.12. The van der Waals surface area contributed by atoms with E-state index < -0.39 is 0 Å². The van der Waals surface area contributed by atoms with Gasteiger partial charge in [0.05, 0.1) is 17.9 Å². The van der Waals surface area contributed by atoms with Gasteiger partial charge < -0.3 is 5.32 Å². The van der Waals surface area contributed by atoms with Crippen LogP contribution in [-0.2, 0) is 6.54 Å². The Hall–Kier alpha value is -3.31. The lowest BCUT2D eigenvalue weighted by Gasteiger charge is -2.11. The summed E-state index contributed by atoms with van der Waals surface area (Å²) < 4.78 is 1.97. The van der Waals surface area contributed by atoms with Crippen molar-refractivity contribution in [1.29, 1.82) is 0 Å². The van der Waals surface area contributed by atoms with Gasteiger partial charge in [0.15, 0.2) is 0 Å². The summed E-state index contributed by atoms with van der Waals surface area (Å²) in [4.78, 5) is 15.0.